The number of unbranched alkanes of at least 4 members (excludes halogenated alkanes) is 23. The van der Waals surface area contributed by atoms with E-state index in [0.29, 0.717) is 19.3 Å². The summed E-state index contributed by atoms with van der Waals surface area (Å²) < 4.78 is 16.6. The molecule has 0 aliphatic heterocycles. The molecule has 0 N–H and O–H groups in total. The van der Waals surface area contributed by atoms with Gasteiger partial charge in [-0.1, -0.05) is 182 Å². The Balaban J connectivity index is 4.32. The standard InChI is InChI=1S/C41H78O6/c1-5-7-9-11-13-14-15-16-21-25-29-33-40(43)46-36-38(35-45-39(42)32-28-24-19-12-10-8-6-2)47-41(44)34-30-26-22-18-17-20-23-27-31-37(3)4/h37-38H,5-36H2,1-4H3/t38-/m0/s1. The maximum atomic E-state index is 12.6. The van der Waals surface area contributed by atoms with E-state index in [2.05, 4.69) is 27.7 Å². The van der Waals surface area contributed by atoms with Gasteiger partial charge >= 0.3 is 17.9 Å². The van der Waals surface area contributed by atoms with Crippen LogP contribution in [0.5, 0.6) is 0 Å². The van der Waals surface area contributed by atoms with Crippen LogP contribution in [0.25, 0.3) is 0 Å². The van der Waals surface area contributed by atoms with Gasteiger partial charge in [0.05, 0.1) is 0 Å². The molecule has 0 radical (unpaired) electrons. The monoisotopic (exact) mass is 667 g/mol. The molecule has 0 aliphatic carbocycles. The lowest BCUT2D eigenvalue weighted by Crippen LogP contribution is -2.30. The third-order valence-corrected chi connectivity index (χ3v) is 9.04. The van der Waals surface area contributed by atoms with Gasteiger partial charge in [0, 0.05) is 19.3 Å². The summed E-state index contributed by atoms with van der Waals surface area (Å²) >= 11 is 0. The molecule has 0 saturated carbocycles. The minimum Gasteiger partial charge on any atom is -0.462 e. The van der Waals surface area contributed by atoms with Gasteiger partial charge in [-0.15, -0.1) is 0 Å². The van der Waals surface area contributed by atoms with Crippen molar-refractivity contribution in [2.45, 2.75) is 226 Å². The molecule has 1 atom stereocenters. The van der Waals surface area contributed by atoms with Crippen LogP contribution >= 0.6 is 0 Å². The van der Waals surface area contributed by atoms with Crippen molar-refractivity contribution >= 4 is 17.9 Å². The predicted octanol–water partition coefficient (Wildman–Crippen LogP) is 12.4. The molecule has 0 aliphatic rings. The van der Waals surface area contributed by atoms with Crippen LogP contribution in [0.3, 0.4) is 0 Å². The third-order valence-electron chi connectivity index (χ3n) is 9.04. The second-order valence-electron chi connectivity index (χ2n) is 14.4. The van der Waals surface area contributed by atoms with Crippen molar-refractivity contribution in [1.82, 2.24) is 0 Å². The van der Waals surface area contributed by atoms with E-state index in [-0.39, 0.29) is 31.1 Å². The number of rotatable bonds is 36. The minimum absolute atomic E-state index is 0.0654. The summed E-state index contributed by atoms with van der Waals surface area (Å²) in [7, 11) is 0. The zero-order valence-electron chi connectivity index (χ0n) is 31.7. The minimum atomic E-state index is -0.757. The number of carbonyl (C=O) groups is 3. The molecular weight excluding hydrogens is 588 g/mol. The Morgan fingerprint density at radius 1 is 0.404 bits per heavy atom. The molecule has 0 rings (SSSR count). The maximum absolute atomic E-state index is 12.6. The molecule has 6 nitrogen and oxygen atoms in total. The molecule has 0 saturated heterocycles. The summed E-state index contributed by atoms with van der Waals surface area (Å²) in [6.07, 6.45) is 32.4. The third kappa shape index (κ3) is 35.5. The van der Waals surface area contributed by atoms with Crippen LogP contribution in [0.1, 0.15) is 220 Å². The zero-order valence-corrected chi connectivity index (χ0v) is 31.7. The molecule has 47 heavy (non-hydrogen) atoms. The number of hydrogen-bond acceptors (Lipinski definition) is 6. The summed E-state index contributed by atoms with van der Waals surface area (Å²) in [5, 5.41) is 0. The van der Waals surface area contributed by atoms with Gasteiger partial charge in [-0.3, -0.25) is 14.4 Å². The molecule has 0 aromatic rings. The highest BCUT2D eigenvalue weighted by molar-refractivity contribution is 5.71. The Bertz CT molecular complexity index is 706. The van der Waals surface area contributed by atoms with Crippen molar-refractivity contribution in [1.29, 1.82) is 0 Å². The first-order valence-corrected chi connectivity index (χ1v) is 20.4. The van der Waals surface area contributed by atoms with Crippen LogP contribution in [0, 0.1) is 5.92 Å². The van der Waals surface area contributed by atoms with Crippen molar-refractivity contribution in [2.24, 2.45) is 5.92 Å². The van der Waals surface area contributed by atoms with Crippen LogP contribution < -0.4 is 0 Å². The fraction of sp³-hybridized carbons (Fsp3) is 0.927. The van der Waals surface area contributed by atoms with Gasteiger partial charge in [0.2, 0.25) is 0 Å². The number of carbonyl (C=O) groups excluding carboxylic acids is 3. The van der Waals surface area contributed by atoms with Crippen LogP contribution in [0.2, 0.25) is 0 Å². The maximum Gasteiger partial charge on any atom is 0.306 e. The van der Waals surface area contributed by atoms with E-state index in [1.165, 1.54) is 116 Å². The summed E-state index contributed by atoms with van der Waals surface area (Å²) in [5.74, 6) is -0.0764. The lowest BCUT2D eigenvalue weighted by atomic mass is 10.0. The molecular formula is C41H78O6. The number of esters is 3. The highest BCUT2D eigenvalue weighted by Gasteiger charge is 2.19. The first kappa shape index (κ1) is 45.4. The highest BCUT2D eigenvalue weighted by atomic mass is 16.6. The van der Waals surface area contributed by atoms with E-state index in [4.69, 9.17) is 14.2 Å². The molecule has 6 heteroatoms. The van der Waals surface area contributed by atoms with Crippen LogP contribution in [-0.2, 0) is 28.6 Å². The van der Waals surface area contributed by atoms with Gasteiger partial charge in [0.15, 0.2) is 6.10 Å². The topological polar surface area (TPSA) is 78.9 Å². The Morgan fingerprint density at radius 2 is 0.702 bits per heavy atom. The van der Waals surface area contributed by atoms with Gasteiger partial charge in [-0.05, 0) is 25.2 Å². The summed E-state index contributed by atoms with van der Waals surface area (Å²) in [6, 6.07) is 0. The fourth-order valence-electron chi connectivity index (χ4n) is 5.92. The fourth-order valence-corrected chi connectivity index (χ4v) is 5.92. The Morgan fingerprint density at radius 3 is 1.04 bits per heavy atom. The average molecular weight is 667 g/mol. The van der Waals surface area contributed by atoms with E-state index in [9.17, 15) is 14.4 Å². The van der Waals surface area contributed by atoms with Gasteiger partial charge in [0.25, 0.3) is 0 Å². The molecule has 278 valence electrons. The van der Waals surface area contributed by atoms with Gasteiger partial charge in [-0.25, -0.2) is 0 Å². The van der Waals surface area contributed by atoms with Crippen molar-refractivity contribution in [3.63, 3.8) is 0 Å². The quantitative estimate of drug-likeness (QED) is 0.0376. The van der Waals surface area contributed by atoms with E-state index < -0.39 is 6.10 Å². The van der Waals surface area contributed by atoms with Crippen molar-refractivity contribution in [3.8, 4) is 0 Å². The molecule has 0 bridgehead atoms. The molecule has 0 amide bonds. The highest BCUT2D eigenvalue weighted by Crippen LogP contribution is 2.15. The summed E-state index contributed by atoms with van der Waals surface area (Å²) in [4.78, 5) is 37.4. The second kappa shape index (κ2) is 35.7. The molecule has 0 aromatic heterocycles. The molecule has 0 fully saturated rings. The first-order valence-electron chi connectivity index (χ1n) is 20.4. The summed E-state index contributed by atoms with van der Waals surface area (Å²) in [6.45, 7) is 8.89. The first-order chi connectivity index (χ1) is 22.9. The van der Waals surface area contributed by atoms with Crippen LogP contribution in [-0.4, -0.2) is 37.2 Å². The molecule has 0 aromatic carbocycles. The second-order valence-corrected chi connectivity index (χ2v) is 14.4. The zero-order chi connectivity index (χ0) is 34.6. The predicted molar refractivity (Wildman–Crippen MR) is 196 cm³/mol. The van der Waals surface area contributed by atoms with E-state index in [1.807, 2.05) is 0 Å². The molecule has 0 spiro atoms. The molecule has 0 heterocycles. The number of hydrogen-bond donors (Lipinski definition) is 0. The average Bonchev–Trinajstić information content (AvgIpc) is 3.05. The lowest BCUT2D eigenvalue weighted by Gasteiger charge is -2.18. The molecule has 0 unspecified atom stereocenters. The van der Waals surface area contributed by atoms with E-state index in [1.54, 1.807) is 0 Å². The van der Waals surface area contributed by atoms with Crippen molar-refractivity contribution in [2.75, 3.05) is 13.2 Å². The largest absolute Gasteiger partial charge is 0.462 e. The number of ether oxygens (including phenoxy) is 3. The smallest absolute Gasteiger partial charge is 0.306 e. The van der Waals surface area contributed by atoms with Crippen molar-refractivity contribution in [3.05, 3.63) is 0 Å². The van der Waals surface area contributed by atoms with Gasteiger partial charge in [-0.2, -0.15) is 0 Å². The summed E-state index contributed by atoms with van der Waals surface area (Å²) in [5.41, 5.74) is 0. The lowest BCUT2D eigenvalue weighted by molar-refractivity contribution is -0.167. The van der Waals surface area contributed by atoms with Gasteiger partial charge < -0.3 is 14.2 Å². The van der Waals surface area contributed by atoms with Crippen molar-refractivity contribution < 1.29 is 28.6 Å². The Labute approximate surface area is 291 Å². The SMILES string of the molecule is CCCCCCCCCCCCCC(=O)OC[C@H](COC(=O)CCCCCCCCC)OC(=O)CCCCCCCCCCC(C)C. The van der Waals surface area contributed by atoms with E-state index in [0.717, 1.165) is 63.7 Å². The Hall–Kier alpha value is -1.59. The Kier molecular flexibility index (Phi) is 34.5. The van der Waals surface area contributed by atoms with Gasteiger partial charge in [0.1, 0.15) is 13.2 Å². The van der Waals surface area contributed by atoms with Crippen LogP contribution in [0.15, 0.2) is 0 Å². The van der Waals surface area contributed by atoms with E-state index >= 15 is 0 Å². The van der Waals surface area contributed by atoms with Crippen LogP contribution in [0.4, 0.5) is 0 Å². The normalized spacial score (nSPS) is 11.9.